The summed E-state index contributed by atoms with van der Waals surface area (Å²) in [6, 6.07) is 20.1. The number of pyridine rings is 2. The number of halogens is 1. The van der Waals surface area contributed by atoms with Crippen LogP contribution in [0.1, 0.15) is 41.6 Å². The summed E-state index contributed by atoms with van der Waals surface area (Å²) in [7, 11) is 0. The van der Waals surface area contributed by atoms with Crippen molar-refractivity contribution >= 4 is 11.0 Å². The number of aryl methyl sites for hydroxylation is 4. The SMILES string of the molecule is Cc1ccc(C)c(-c2ccc(-c3[nH]nc4ncc(-c5ccc6c(c5)CC[C@@H](N5C7COCC5C7)CC6)cc34)c(F)c2)n1. The first-order valence-electron chi connectivity index (χ1n) is 15.1. The zero-order valence-electron chi connectivity index (χ0n) is 24.0. The van der Waals surface area contributed by atoms with Crippen LogP contribution < -0.4 is 0 Å². The number of nitrogens with one attached hydrogen (secondary N) is 1. The lowest BCUT2D eigenvalue weighted by Crippen LogP contribution is -2.66. The lowest BCUT2D eigenvalue weighted by atomic mass is 9.87. The highest BCUT2D eigenvalue weighted by Gasteiger charge is 2.45. The van der Waals surface area contributed by atoms with Crippen molar-refractivity contribution in [1.82, 2.24) is 25.1 Å². The Morgan fingerprint density at radius 1 is 0.857 bits per heavy atom. The van der Waals surface area contributed by atoms with Gasteiger partial charge in [-0.15, -0.1) is 0 Å². The maximum absolute atomic E-state index is 15.6. The van der Waals surface area contributed by atoms with Gasteiger partial charge in [0.1, 0.15) is 5.82 Å². The Hall–Kier alpha value is -3.94. The van der Waals surface area contributed by atoms with E-state index in [1.807, 2.05) is 44.3 Å². The van der Waals surface area contributed by atoms with E-state index in [1.54, 1.807) is 6.07 Å². The first-order valence-corrected chi connectivity index (χ1v) is 15.1. The predicted molar refractivity (Wildman–Crippen MR) is 163 cm³/mol. The number of hydrogen-bond donors (Lipinski definition) is 1. The van der Waals surface area contributed by atoms with Crippen molar-refractivity contribution < 1.29 is 9.13 Å². The minimum atomic E-state index is -0.316. The Morgan fingerprint density at radius 3 is 2.48 bits per heavy atom. The largest absolute Gasteiger partial charge is 0.378 e. The maximum Gasteiger partial charge on any atom is 0.181 e. The van der Waals surface area contributed by atoms with Gasteiger partial charge in [-0.25, -0.2) is 9.37 Å². The van der Waals surface area contributed by atoms with Crippen LogP contribution in [0.15, 0.2) is 60.8 Å². The van der Waals surface area contributed by atoms with Crippen LogP contribution in [-0.4, -0.2) is 56.4 Å². The molecule has 1 N–H and O–H groups in total. The number of rotatable bonds is 4. The number of morpholine rings is 1. The second-order valence-electron chi connectivity index (χ2n) is 12.2. The Balaban J connectivity index is 1.08. The Kier molecular flexibility index (Phi) is 6.19. The molecule has 3 atom stereocenters. The van der Waals surface area contributed by atoms with Crippen LogP contribution in [0.25, 0.3) is 44.7 Å². The van der Waals surface area contributed by atoms with E-state index in [0.717, 1.165) is 65.1 Å². The topological polar surface area (TPSA) is 66.9 Å². The van der Waals surface area contributed by atoms with Gasteiger partial charge in [-0.05, 0) is 92.5 Å². The standard InChI is InChI=1S/C35H34FN5O/c1-20-3-4-21(2)38-33(20)25-9-12-30(32(36)15-25)34-31-14-26(17-37-35(31)40-39-34)24-6-5-22-7-10-27(11-8-23(22)13-24)41-28-16-29(41)19-42-18-28/h3-6,9,12-15,17,27-29H,7-8,10-11,16,18-19H2,1-2H3,(H,37,39,40)/t27-,28?,29?/m0/s1. The summed E-state index contributed by atoms with van der Waals surface area (Å²) in [5.74, 6) is -0.316. The molecule has 3 aromatic heterocycles. The van der Waals surface area contributed by atoms with E-state index in [0.29, 0.717) is 35.0 Å². The Labute approximate surface area is 245 Å². The summed E-state index contributed by atoms with van der Waals surface area (Å²) in [4.78, 5) is 12.0. The summed E-state index contributed by atoms with van der Waals surface area (Å²) in [5, 5.41) is 8.25. The van der Waals surface area contributed by atoms with Crippen LogP contribution >= 0.6 is 0 Å². The van der Waals surface area contributed by atoms with E-state index in [9.17, 15) is 0 Å². The second kappa shape index (κ2) is 10.1. The normalized spacial score (nSPS) is 22.0. The highest BCUT2D eigenvalue weighted by molar-refractivity contribution is 5.93. The monoisotopic (exact) mass is 559 g/mol. The number of nitrogens with zero attached hydrogens (tertiary/aromatic N) is 4. The highest BCUT2D eigenvalue weighted by atomic mass is 19.1. The molecule has 2 saturated heterocycles. The first-order chi connectivity index (χ1) is 20.5. The van der Waals surface area contributed by atoms with Crippen molar-refractivity contribution in [1.29, 1.82) is 0 Å². The van der Waals surface area contributed by atoms with E-state index in [4.69, 9.17) is 4.74 Å². The fraction of sp³-hybridized carbons (Fsp3) is 0.343. The molecule has 8 rings (SSSR count). The molecule has 0 spiro atoms. The molecule has 3 aliphatic rings. The average Bonchev–Trinajstić information content (AvgIpc) is 3.32. The van der Waals surface area contributed by atoms with Gasteiger partial charge in [0.15, 0.2) is 5.65 Å². The number of ether oxygens (including phenoxy) is 1. The van der Waals surface area contributed by atoms with Gasteiger partial charge in [-0.3, -0.25) is 15.0 Å². The lowest BCUT2D eigenvalue weighted by molar-refractivity contribution is -0.148. The molecule has 5 aromatic rings. The third-order valence-corrected chi connectivity index (χ3v) is 9.62. The van der Waals surface area contributed by atoms with E-state index in [-0.39, 0.29) is 5.82 Å². The van der Waals surface area contributed by atoms with Crippen molar-refractivity contribution in [2.24, 2.45) is 0 Å². The molecule has 7 heteroatoms. The van der Waals surface area contributed by atoms with E-state index in [1.165, 1.54) is 30.4 Å². The van der Waals surface area contributed by atoms with Crippen LogP contribution in [-0.2, 0) is 17.6 Å². The van der Waals surface area contributed by atoms with Gasteiger partial charge in [0.2, 0.25) is 0 Å². The van der Waals surface area contributed by atoms with E-state index >= 15 is 4.39 Å². The van der Waals surface area contributed by atoms with Crippen LogP contribution in [0, 0.1) is 19.7 Å². The molecule has 2 aliphatic heterocycles. The lowest BCUT2D eigenvalue weighted by Gasteiger charge is -2.56. The zero-order valence-corrected chi connectivity index (χ0v) is 24.0. The third kappa shape index (κ3) is 4.34. The molecule has 212 valence electrons. The number of H-pyrrole nitrogens is 1. The summed E-state index contributed by atoms with van der Waals surface area (Å²) in [6.45, 7) is 5.74. The van der Waals surface area contributed by atoms with E-state index in [2.05, 4.69) is 49.3 Å². The summed E-state index contributed by atoms with van der Waals surface area (Å²) in [5.41, 5.74) is 10.2. The molecular formula is C35H34FN5O. The molecule has 0 amide bonds. The Morgan fingerprint density at radius 2 is 1.67 bits per heavy atom. The zero-order chi connectivity index (χ0) is 28.4. The number of hydrogen-bond acceptors (Lipinski definition) is 5. The van der Waals surface area contributed by atoms with Crippen LogP contribution in [0.4, 0.5) is 4.39 Å². The van der Waals surface area contributed by atoms with Crippen molar-refractivity contribution in [3.63, 3.8) is 0 Å². The van der Waals surface area contributed by atoms with Gasteiger partial charge in [-0.1, -0.05) is 30.3 Å². The highest BCUT2D eigenvalue weighted by Crippen LogP contribution is 2.38. The summed E-state index contributed by atoms with van der Waals surface area (Å²) < 4.78 is 21.3. The molecule has 1 aliphatic carbocycles. The summed E-state index contributed by atoms with van der Waals surface area (Å²) in [6.07, 6.45) is 7.80. The molecule has 2 aromatic carbocycles. The molecule has 5 heterocycles. The molecule has 42 heavy (non-hydrogen) atoms. The van der Waals surface area contributed by atoms with Gasteiger partial charge in [0, 0.05) is 52.1 Å². The van der Waals surface area contributed by atoms with Crippen molar-refractivity contribution in [3.8, 4) is 33.6 Å². The Bertz CT molecular complexity index is 1820. The van der Waals surface area contributed by atoms with Crippen LogP contribution in [0.2, 0.25) is 0 Å². The average molecular weight is 560 g/mol. The predicted octanol–water partition coefficient (Wildman–Crippen LogP) is 6.83. The maximum atomic E-state index is 15.6. The van der Waals surface area contributed by atoms with Crippen LogP contribution in [0.3, 0.4) is 0 Å². The molecule has 2 fully saturated rings. The molecule has 0 saturated carbocycles. The molecular weight excluding hydrogens is 525 g/mol. The van der Waals surface area contributed by atoms with Gasteiger partial charge in [0.05, 0.1) is 24.6 Å². The van der Waals surface area contributed by atoms with Crippen molar-refractivity contribution in [2.45, 2.75) is 64.1 Å². The first kappa shape index (κ1) is 25.7. The van der Waals surface area contributed by atoms with Crippen molar-refractivity contribution in [3.05, 3.63) is 89.0 Å². The fourth-order valence-corrected chi connectivity index (χ4v) is 7.38. The summed E-state index contributed by atoms with van der Waals surface area (Å²) >= 11 is 0. The fourth-order valence-electron chi connectivity index (χ4n) is 7.38. The number of aromatic amines is 1. The van der Waals surface area contributed by atoms with Gasteiger partial charge >= 0.3 is 0 Å². The minimum Gasteiger partial charge on any atom is -0.378 e. The molecule has 6 nitrogen and oxygen atoms in total. The number of benzene rings is 2. The minimum absolute atomic E-state index is 0.316. The van der Waals surface area contributed by atoms with Gasteiger partial charge < -0.3 is 4.74 Å². The second-order valence-corrected chi connectivity index (χ2v) is 12.2. The van der Waals surface area contributed by atoms with Crippen molar-refractivity contribution in [2.75, 3.05) is 13.2 Å². The number of fused-ring (bicyclic) bond motifs is 4. The molecule has 2 unspecified atom stereocenters. The van der Waals surface area contributed by atoms with Gasteiger partial charge in [0.25, 0.3) is 0 Å². The molecule has 2 bridgehead atoms. The quantitative estimate of drug-likeness (QED) is 0.245. The third-order valence-electron chi connectivity index (χ3n) is 9.62. The van der Waals surface area contributed by atoms with Gasteiger partial charge in [-0.2, -0.15) is 5.10 Å². The van der Waals surface area contributed by atoms with Crippen LogP contribution in [0.5, 0.6) is 0 Å². The van der Waals surface area contributed by atoms with E-state index < -0.39 is 0 Å². The smallest absolute Gasteiger partial charge is 0.181 e. The number of aromatic nitrogens is 4. The molecule has 0 radical (unpaired) electrons.